The zero-order valence-corrected chi connectivity index (χ0v) is 15.0. The van der Waals surface area contributed by atoms with Crippen molar-refractivity contribution in [2.75, 3.05) is 29.4 Å². The molecule has 3 fully saturated rings. The van der Waals surface area contributed by atoms with E-state index in [-0.39, 0.29) is 41.9 Å². The summed E-state index contributed by atoms with van der Waals surface area (Å²) in [4.78, 5) is 23.6. The minimum absolute atomic E-state index is 0.0115. The first-order chi connectivity index (χ1) is 12.7. The monoisotopic (exact) mass is 380 g/mol. The second kappa shape index (κ2) is 5.27. The number of carbonyl (C=O) groups is 1. The summed E-state index contributed by atoms with van der Waals surface area (Å²) in [5.41, 5.74) is 0.318. The van der Waals surface area contributed by atoms with Crippen molar-refractivity contribution in [2.24, 2.45) is 11.3 Å². The SMILES string of the molecule is C[C@H]1[C@H](O)CN1c1nc(N2CC3(CC(C(=O)O)C3)C2)c2c(n1)C(F)(F)CC2. The fourth-order valence-corrected chi connectivity index (χ4v) is 4.97. The Bertz CT molecular complexity index is 819. The van der Waals surface area contributed by atoms with Crippen LogP contribution in [0.5, 0.6) is 0 Å². The number of halogens is 2. The number of aliphatic hydroxyl groups excluding tert-OH is 1. The van der Waals surface area contributed by atoms with Gasteiger partial charge in [0.1, 0.15) is 11.5 Å². The van der Waals surface area contributed by atoms with Crippen LogP contribution in [0.15, 0.2) is 0 Å². The molecule has 0 radical (unpaired) electrons. The summed E-state index contributed by atoms with van der Waals surface area (Å²) >= 11 is 0. The molecule has 7 nitrogen and oxygen atoms in total. The number of rotatable bonds is 3. The minimum atomic E-state index is -2.96. The smallest absolute Gasteiger partial charge is 0.306 e. The Morgan fingerprint density at radius 1 is 1.26 bits per heavy atom. The number of fused-ring (bicyclic) bond motifs is 1. The molecule has 2 aliphatic heterocycles. The summed E-state index contributed by atoms with van der Waals surface area (Å²) in [7, 11) is 0. The number of carboxylic acid groups (broad SMARTS) is 1. The van der Waals surface area contributed by atoms with Crippen molar-refractivity contribution in [3.8, 4) is 0 Å². The van der Waals surface area contributed by atoms with Crippen molar-refractivity contribution in [3.05, 3.63) is 11.3 Å². The number of aliphatic hydroxyl groups is 1. The second-order valence-electron chi connectivity index (χ2n) is 8.64. The highest BCUT2D eigenvalue weighted by atomic mass is 19.3. The van der Waals surface area contributed by atoms with Gasteiger partial charge < -0.3 is 20.0 Å². The Balaban J connectivity index is 1.43. The molecule has 2 saturated heterocycles. The predicted molar refractivity (Wildman–Crippen MR) is 92.1 cm³/mol. The molecule has 1 spiro atoms. The summed E-state index contributed by atoms with van der Waals surface area (Å²) in [6, 6.07) is -0.198. The van der Waals surface area contributed by atoms with E-state index in [2.05, 4.69) is 9.97 Å². The van der Waals surface area contributed by atoms with Crippen molar-refractivity contribution in [3.63, 3.8) is 0 Å². The van der Waals surface area contributed by atoms with Gasteiger partial charge in [0.05, 0.1) is 18.1 Å². The number of alkyl halides is 2. The van der Waals surface area contributed by atoms with Crippen LogP contribution in [0.4, 0.5) is 20.5 Å². The number of anilines is 2. The highest BCUT2D eigenvalue weighted by Crippen LogP contribution is 2.54. The number of aromatic nitrogens is 2. The number of aliphatic carboxylic acids is 1. The minimum Gasteiger partial charge on any atom is -0.481 e. The van der Waals surface area contributed by atoms with Gasteiger partial charge in [0.15, 0.2) is 0 Å². The molecule has 1 aromatic rings. The maximum atomic E-state index is 14.4. The van der Waals surface area contributed by atoms with Gasteiger partial charge in [-0.25, -0.2) is 4.98 Å². The lowest BCUT2D eigenvalue weighted by atomic mass is 9.57. The first-order valence-electron chi connectivity index (χ1n) is 9.41. The van der Waals surface area contributed by atoms with Gasteiger partial charge in [-0.15, -0.1) is 0 Å². The molecule has 9 heteroatoms. The van der Waals surface area contributed by atoms with E-state index in [0.717, 1.165) is 0 Å². The molecule has 146 valence electrons. The van der Waals surface area contributed by atoms with E-state index in [1.165, 1.54) is 0 Å². The molecule has 1 aromatic heterocycles. The molecular formula is C18H22F2N4O3. The van der Waals surface area contributed by atoms with Gasteiger partial charge in [-0.3, -0.25) is 4.79 Å². The third-order valence-electron chi connectivity index (χ3n) is 6.76. The topological polar surface area (TPSA) is 89.8 Å². The standard InChI is InChI=1S/C18H22F2N4O3/c1-9-12(25)6-24(9)16-21-13-11(2-3-18(13,19)20)14(22-16)23-7-17(8-23)4-10(5-17)15(26)27/h9-10,12,25H,2-8H2,1H3,(H,26,27)/t9-,12+/m0/s1. The van der Waals surface area contributed by atoms with Crippen LogP contribution in [0.3, 0.4) is 0 Å². The van der Waals surface area contributed by atoms with Crippen LogP contribution in [0.1, 0.15) is 37.4 Å². The van der Waals surface area contributed by atoms with Crippen LogP contribution >= 0.6 is 0 Å². The zero-order chi connectivity index (χ0) is 19.1. The van der Waals surface area contributed by atoms with E-state index in [1.54, 1.807) is 4.90 Å². The van der Waals surface area contributed by atoms with Crippen molar-refractivity contribution in [1.82, 2.24) is 9.97 Å². The molecule has 5 rings (SSSR count). The number of nitrogens with zero attached hydrogens (tertiary/aromatic N) is 4. The van der Waals surface area contributed by atoms with Crippen LogP contribution in [0, 0.1) is 11.3 Å². The maximum absolute atomic E-state index is 14.4. The number of β-amino-alcohol motifs (C(OH)–C–C–N with tert-alkyl or cyclic N) is 1. The summed E-state index contributed by atoms with van der Waals surface area (Å²) in [6.45, 7) is 3.48. The van der Waals surface area contributed by atoms with Gasteiger partial charge in [0, 0.05) is 37.0 Å². The van der Waals surface area contributed by atoms with E-state index in [4.69, 9.17) is 5.11 Å². The largest absolute Gasteiger partial charge is 0.481 e. The average Bonchev–Trinajstić information content (AvgIpc) is 2.84. The third-order valence-corrected chi connectivity index (χ3v) is 6.76. The molecule has 0 unspecified atom stereocenters. The highest BCUT2D eigenvalue weighted by Gasteiger charge is 2.56. The molecule has 0 amide bonds. The van der Waals surface area contributed by atoms with E-state index in [0.29, 0.717) is 43.9 Å². The summed E-state index contributed by atoms with van der Waals surface area (Å²) < 4.78 is 28.7. The summed E-state index contributed by atoms with van der Waals surface area (Å²) in [5.74, 6) is -3.19. The molecular weight excluding hydrogens is 358 g/mol. The summed E-state index contributed by atoms with van der Waals surface area (Å²) in [5, 5.41) is 18.8. The molecule has 3 heterocycles. The Kier molecular flexibility index (Phi) is 3.34. The van der Waals surface area contributed by atoms with Crippen LogP contribution in [-0.4, -0.2) is 57.9 Å². The fraction of sp³-hybridized carbons (Fsp3) is 0.722. The fourth-order valence-electron chi connectivity index (χ4n) is 4.97. The molecule has 2 aliphatic carbocycles. The number of hydrogen-bond acceptors (Lipinski definition) is 6. The Morgan fingerprint density at radius 3 is 2.56 bits per heavy atom. The third kappa shape index (κ3) is 2.36. The van der Waals surface area contributed by atoms with Crippen LogP contribution < -0.4 is 9.80 Å². The molecule has 27 heavy (non-hydrogen) atoms. The number of hydrogen-bond donors (Lipinski definition) is 2. The Morgan fingerprint density at radius 2 is 1.96 bits per heavy atom. The van der Waals surface area contributed by atoms with Gasteiger partial charge in [0.25, 0.3) is 5.92 Å². The average molecular weight is 380 g/mol. The Hall–Kier alpha value is -2.03. The molecule has 2 N–H and O–H groups in total. The van der Waals surface area contributed by atoms with Gasteiger partial charge >= 0.3 is 5.97 Å². The lowest BCUT2D eigenvalue weighted by molar-refractivity contribution is -0.151. The van der Waals surface area contributed by atoms with E-state index in [9.17, 15) is 18.7 Å². The number of carboxylic acids is 1. The predicted octanol–water partition coefficient (Wildman–Crippen LogP) is 1.38. The Labute approximate surface area is 155 Å². The van der Waals surface area contributed by atoms with Crippen LogP contribution in [-0.2, 0) is 17.1 Å². The van der Waals surface area contributed by atoms with Crippen LogP contribution in [0.25, 0.3) is 0 Å². The maximum Gasteiger partial charge on any atom is 0.306 e. The molecule has 0 bridgehead atoms. The summed E-state index contributed by atoms with van der Waals surface area (Å²) in [6.07, 6.45) is 0.777. The van der Waals surface area contributed by atoms with Crippen molar-refractivity contribution in [1.29, 1.82) is 0 Å². The lowest BCUT2D eigenvalue weighted by Crippen LogP contribution is -2.64. The molecule has 2 atom stereocenters. The first kappa shape index (κ1) is 17.1. The zero-order valence-electron chi connectivity index (χ0n) is 15.0. The highest BCUT2D eigenvalue weighted by molar-refractivity contribution is 5.72. The van der Waals surface area contributed by atoms with E-state index in [1.807, 2.05) is 11.8 Å². The second-order valence-corrected chi connectivity index (χ2v) is 8.64. The lowest BCUT2D eigenvalue weighted by Gasteiger charge is -2.58. The molecule has 0 aromatic carbocycles. The molecule has 1 saturated carbocycles. The molecule has 4 aliphatic rings. The van der Waals surface area contributed by atoms with Crippen molar-refractivity contribution in [2.45, 2.75) is 50.7 Å². The van der Waals surface area contributed by atoms with E-state index >= 15 is 0 Å². The van der Waals surface area contributed by atoms with Crippen molar-refractivity contribution >= 4 is 17.7 Å². The van der Waals surface area contributed by atoms with Crippen LogP contribution in [0.2, 0.25) is 0 Å². The normalized spacial score (nSPS) is 30.5. The van der Waals surface area contributed by atoms with E-state index < -0.39 is 18.0 Å². The van der Waals surface area contributed by atoms with Gasteiger partial charge in [-0.2, -0.15) is 13.8 Å². The van der Waals surface area contributed by atoms with Gasteiger partial charge in [-0.05, 0) is 26.2 Å². The quantitative estimate of drug-likeness (QED) is 0.819. The van der Waals surface area contributed by atoms with Gasteiger partial charge in [0.2, 0.25) is 5.95 Å². The van der Waals surface area contributed by atoms with Crippen molar-refractivity contribution < 1.29 is 23.8 Å². The van der Waals surface area contributed by atoms with Gasteiger partial charge in [-0.1, -0.05) is 0 Å². The first-order valence-corrected chi connectivity index (χ1v) is 9.41.